The highest BCUT2D eigenvalue weighted by Crippen LogP contribution is 2.39. The third kappa shape index (κ3) is 3.07. The summed E-state index contributed by atoms with van der Waals surface area (Å²) >= 11 is 0. The van der Waals surface area contributed by atoms with E-state index in [0.717, 1.165) is 56.4 Å². The molecule has 0 N–H and O–H groups in total. The topological polar surface area (TPSA) is 58.4 Å². The van der Waals surface area contributed by atoms with Crippen LogP contribution in [0.2, 0.25) is 0 Å². The van der Waals surface area contributed by atoms with Crippen molar-refractivity contribution in [1.29, 1.82) is 0 Å². The van der Waals surface area contributed by atoms with Gasteiger partial charge in [0.05, 0.1) is 33.1 Å². The molecule has 0 aliphatic heterocycles. The molecule has 7 heteroatoms. The largest absolute Gasteiger partial charge is 0.320 e. The fraction of sp³-hybridized carbons (Fsp3) is 0.0571. The van der Waals surface area contributed by atoms with Gasteiger partial charge in [0.2, 0.25) is 5.95 Å². The Morgan fingerprint density at radius 1 is 0.548 bits per heavy atom. The Labute approximate surface area is 240 Å². The number of hydrogen-bond acceptors (Lipinski definition) is 3. The van der Waals surface area contributed by atoms with Gasteiger partial charge in [-0.3, -0.25) is 9.13 Å². The van der Waals surface area contributed by atoms with E-state index in [1.54, 1.807) is 0 Å². The van der Waals surface area contributed by atoms with Crippen molar-refractivity contribution < 1.29 is 0 Å². The van der Waals surface area contributed by atoms with Crippen molar-refractivity contribution in [3.63, 3.8) is 0 Å². The van der Waals surface area contributed by atoms with Gasteiger partial charge >= 0.3 is 0 Å². The number of fused-ring (bicyclic) bond motifs is 7. The summed E-state index contributed by atoms with van der Waals surface area (Å²) in [5.74, 6) is 2.65. The van der Waals surface area contributed by atoms with Crippen LogP contribution in [0, 0.1) is 6.92 Å². The molecule has 0 radical (unpaired) electrons. The van der Waals surface area contributed by atoms with E-state index >= 15 is 0 Å². The van der Waals surface area contributed by atoms with Crippen molar-refractivity contribution in [2.75, 3.05) is 0 Å². The summed E-state index contributed by atoms with van der Waals surface area (Å²) < 4.78 is 8.84. The second-order valence-corrected chi connectivity index (χ2v) is 10.8. The first-order chi connectivity index (χ1) is 20.7. The van der Waals surface area contributed by atoms with E-state index in [1.807, 2.05) is 50.8 Å². The van der Waals surface area contributed by atoms with E-state index in [1.165, 1.54) is 21.5 Å². The molecular formula is C35H25N7. The van der Waals surface area contributed by atoms with E-state index < -0.39 is 0 Å². The number of pyridine rings is 1. The number of rotatable bonds is 3. The molecule has 5 heterocycles. The average Bonchev–Trinajstić information content (AvgIpc) is 3.76. The molecule has 9 rings (SSSR count). The number of hydrogen-bond donors (Lipinski definition) is 0. The quantitative estimate of drug-likeness (QED) is 0.230. The highest BCUT2D eigenvalue weighted by atomic mass is 15.2. The molecule has 9 aromatic rings. The zero-order valence-electron chi connectivity index (χ0n) is 23.1. The van der Waals surface area contributed by atoms with Crippen LogP contribution in [0.15, 0.2) is 116 Å². The van der Waals surface area contributed by atoms with Gasteiger partial charge in [-0.2, -0.15) is 0 Å². The van der Waals surface area contributed by atoms with Crippen LogP contribution >= 0.6 is 0 Å². The first kappa shape index (κ1) is 23.1. The predicted octanol–water partition coefficient (Wildman–Crippen LogP) is 7.66. The molecule has 4 aromatic carbocycles. The molecule has 0 saturated carbocycles. The first-order valence-corrected chi connectivity index (χ1v) is 14.0. The molecule has 0 bridgehead atoms. The van der Waals surface area contributed by atoms with Gasteiger partial charge < -0.3 is 9.13 Å². The van der Waals surface area contributed by atoms with Gasteiger partial charge in [0.25, 0.3) is 0 Å². The molecule has 200 valence electrons. The van der Waals surface area contributed by atoms with Crippen molar-refractivity contribution >= 4 is 54.6 Å². The Hall–Kier alpha value is -5.69. The van der Waals surface area contributed by atoms with Crippen molar-refractivity contribution in [3.05, 3.63) is 121 Å². The molecule has 5 aromatic heterocycles. The minimum absolute atomic E-state index is 0.859. The predicted molar refractivity (Wildman–Crippen MR) is 169 cm³/mol. The van der Waals surface area contributed by atoms with Gasteiger partial charge in [0.1, 0.15) is 11.6 Å². The zero-order chi connectivity index (χ0) is 27.9. The van der Waals surface area contributed by atoms with Gasteiger partial charge in [0.15, 0.2) is 0 Å². The van der Waals surface area contributed by atoms with Crippen molar-refractivity contribution in [1.82, 2.24) is 33.2 Å². The molecule has 7 nitrogen and oxygen atoms in total. The molecule has 0 atom stereocenters. The van der Waals surface area contributed by atoms with Crippen LogP contribution in [-0.2, 0) is 7.05 Å². The number of benzene rings is 4. The monoisotopic (exact) mass is 543 g/mol. The second-order valence-electron chi connectivity index (χ2n) is 10.8. The number of aromatic nitrogens is 7. The SMILES string of the molecule is Cc1nc2ccc(-n3c4ccccc4c4cc5c6ccccc6n(-c6nccn6C)c5cc43)cc2n1-c1ccccn1. The maximum absolute atomic E-state index is 4.85. The van der Waals surface area contributed by atoms with Crippen LogP contribution in [0.5, 0.6) is 0 Å². The van der Waals surface area contributed by atoms with Crippen LogP contribution in [0.4, 0.5) is 0 Å². The number of aryl methyl sites for hydroxylation is 2. The lowest BCUT2D eigenvalue weighted by Crippen LogP contribution is -2.02. The average molecular weight is 544 g/mol. The van der Waals surface area contributed by atoms with Crippen LogP contribution in [0.1, 0.15) is 5.82 Å². The molecule has 0 spiro atoms. The fourth-order valence-corrected chi connectivity index (χ4v) is 6.60. The van der Waals surface area contributed by atoms with Crippen LogP contribution in [0.25, 0.3) is 72.1 Å². The first-order valence-electron chi connectivity index (χ1n) is 14.0. The van der Waals surface area contributed by atoms with Crippen LogP contribution in [-0.4, -0.2) is 33.2 Å². The normalized spacial score (nSPS) is 12.0. The third-order valence-electron chi connectivity index (χ3n) is 8.40. The van der Waals surface area contributed by atoms with E-state index in [4.69, 9.17) is 9.97 Å². The Bertz CT molecular complexity index is 2490. The lowest BCUT2D eigenvalue weighted by Gasteiger charge is -2.11. The molecule has 0 amide bonds. The number of imidazole rings is 2. The summed E-state index contributed by atoms with van der Waals surface area (Å²) in [5, 5.41) is 4.86. The van der Waals surface area contributed by atoms with Gasteiger partial charge in [-0.05, 0) is 61.5 Å². The summed E-state index contributed by atoms with van der Waals surface area (Å²) in [4.78, 5) is 14.2. The van der Waals surface area contributed by atoms with Crippen LogP contribution in [0.3, 0.4) is 0 Å². The fourth-order valence-electron chi connectivity index (χ4n) is 6.60. The summed E-state index contributed by atoms with van der Waals surface area (Å²) in [6.07, 6.45) is 5.67. The molecule has 0 saturated heterocycles. The number of nitrogens with zero attached hydrogens (tertiary/aromatic N) is 7. The van der Waals surface area contributed by atoms with Gasteiger partial charge in [-0.15, -0.1) is 0 Å². The summed E-state index contributed by atoms with van der Waals surface area (Å²) in [6, 6.07) is 34.4. The minimum atomic E-state index is 0.859. The highest BCUT2D eigenvalue weighted by Gasteiger charge is 2.20. The van der Waals surface area contributed by atoms with Crippen molar-refractivity contribution in [2.24, 2.45) is 7.05 Å². The molecule has 0 fully saturated rings. The van der Waals surface area contributed by atoms with Crippen LogP contribution < -0.4 is 0 Å². The molecule has 0 aliphatic rings. The lowest BCUT2D eigenvalue weighted by molar-refractivity contribution is 0.847. The van der Waals surface area contributed by atoms with E-state index in [0.29, 0.717) is 0 Å². The van der Waals surface area contributed by atoms with E-state index in [-0.39, 0.29) is 0 Å². The Morgan fingerprint density at radius 2 is 1.26 bits per heavy atom. The minimum Gasteiger partial charge on any atom is -0.320 e. The molecule has 0 aliphatic carbocycles. The smallest absolute Gasteiger partial charge is 0.214 e. The van der Waals surface area contributed by atoms with Gasteiger partial charge in [-0.1, -0.05) is 42.5 Å². The lowest BCUT2D eigenvalue weighted by atomic mass is 10.1. The van der Waals surface area contributed by atoms with Crippen molar-refractivity contribution in [2.45, 2.75) is 6.92 Å². The summed E-state index contributed by atoms with van der Waals surface area (Å²) in [6.45, 7) is 2.03. The molecule has 42 heavy (non-hydrogen) atoms. The second kappa shape index (κ2) is 8.41. The summed E-state index contributed by atoms with van der Waals surface area (Å²) in [5.41, 5.74) is 7.61. The van der Waals surface area contributed by atoms with E-state index in [2.05, 4.69) is 102 Å². The van der Waals surface area contributed by atoms with Gasteiger partial charge in [0, 0.05) is 52.9 Å². The van der Waals surface area contributed by atoms with Gasteiger partial charge in [-0.25, -0.2) is 15.0 Å². The molecular weight excluding hydrogens is 518 g/mol. The van der Waals surface area contributed by atoms with E-state index in [9.17, 15) is 0 Å². The van der Waals surface area contributed by atoms with Crippen molar-refractivity contribution in [3.8, 4) is 17.5 Å². The standard InChI is InChI=1S/C35H25N7/c1-22-38-28-15-14-23(19-33(28)40(22)34-13-7-8-16-36-34)41-29-11-5-3-9-24(29)26-20-27-25-10-4-6-12-30(25)42(32(27)21-31(26)41)35-37-17-18-39(35)2/h3-21H,1-2H3. The Morgan fingerprint density at radius 3 is 1.98 bits per heavy atom. The maximum Gasteiger partial charge on any atom is 0.214 e. The zero-order valence-corrected chi connectivity index (χ0v) is 23.1. The Kier molecular flexibility index (Phi) is 4.62. The number of para-hydroxylation sites is 2. The Balaban J connectivity index is 1.40. The maximum atomic E-state index is 4.85. The molecule has 0 unspecified atom stereocenters. The highest BCUT2D eigenvalue weighted by molar-refractivity contribution is 6.19. The third-order valence-corrected chi connectivity index (χ3v) is 8.40. The summed E-state index contributed by atoms with van der Waals surface area (Å²) in [7, 11) is 2.04.